The van der Waals surface area contributed by atoms with Crippen molar-refractivity contribution in [2.45, 2.75) is 6.67 Å². The molecule has 1 heterocycles. The number of aromatic amines is 1. The van der Waals surface area contributed by atoms with Gasteiger partial charge >= 0.3 is 5.69 Å². The van der Waals surface area contributed by atoms with E-state index in [9.17, 15) is 9.59 Å². The molecule has 0 spiro atoms. The van der Waals surface area contributed by atoms with Gasteiger partial charge < -0.3 is 10.3 Å². The molecule has 2 aromatic rings. The van der Waals surface area contributed by atoms with Crippen LogP contribution >= 0.6 is 15.9 Å². The number of benzene rings is 1. The molecule has 0 aliphatic heterocycles. The Morgan fingerprint density at radius 3 is 2.88 bits per heavy atom. The standard InChI is InChI=1S/C10H10BrN3O2/c1-12-5-14-9(15)7-4-6(11)2-3-8(7)13-10(14)16/h2-4,12H,5H2,1H3,(H,13,16). The Morgan fingerprint density at radius 2 is 2.19 bits per heavy atom. The third-order valence-electron chi connectivity index (χ3n) is 2.26. The van der Waals surface area contributed by atoms with Crippen molar-refractivity contribution in [3.05, 3.63) is 43.5 Å². The van der Waals surface area contributed by atoms with Gasteiger partial charge in [0.25, 0.3) is 5.56 Å². The minimum absolute atomic E-state index is 0.191. The molecule has 84 valence electrons. The highest BCUT2D eigenvalue weighted by atomic mass is 79.9. The van der Waals surface area contributed by atoms with E-state index < -0.39 is 5.69 Å². The van der Waals surface area contributed by atoms with Gasteiger partial charge in [0.1, 0.15) is 0 Å². The minimum Gasteiger partial charge on any atom is -0.307 e. The van der Waals surface area contributed by atoms with E-state index in [1.165, 1.54) is 0 Å². The second-order valence-corrected chi connectivity index (χ2v) is 4.28. The molecule has 0 fully saturated rings. The fraction of sp³-hybridized carbons (Fsp3) is 0.200. The van der Waals surface area contributed by atoms with E-state index in [0.29, 0.717) is 10.9 Å². The minimum atomic E-state index is -0.408. The molecule has 0 aliphatic rings. The van der Waals surface area contributed by atoms with Crippen molar-refractivity contribution in [3.8, 4) is 0 Å². The van der Waals surface area contributed by atoms with E-state index in [4.69, 9.17) is 0 Å². The number of nitrogens with one attached hydrogen (secondary N) is 2. The zero-order chi connectivity index (χ0) is 11.7. The van der Waals surface area contributed by atoms with Gasteiger partial charge in [-0.2, -0.15) is 0 Å². The average Bonchev–Trinajstić information content (AvgIpc) is 2.26. The van der Waals surface area contributed by atoms with Crippen LogP contribution in [-0.2, 0) is 6.67 Å². The maximum Gasteiger partial charge on any atom is 0.329 e. The van der Waals surface area contributed by atoms with Crippen LogP contribution in [0.25, 0.3) is 10.9 Å². The van der Waals surface area contributed by atoms with Crippen LogP contribution in [0.3, 0.4) is 0 Å². The smallest absolute Gasteiger partial charge is 0.307 e. The first kappa shape index (κ1) is 11.1. The van der Waals surface area contributed by atoms with Gasteiger partial charge in [0.05, 0.1) is 17.6 Å². The Balaban J connectivity index is 2.85. The summed E-state index contributed by atoms with van der Waals surface area (Å²) in [6.07, 6.45) is 0. The maximum atomic E-state index is 12.0. The Labute approximate surface area is 99.2 Å². The summed E-state index contributed by atoms with van der Waals surface area (Å²) in [6.45, 7) is 0.191. The van der Waals surface area contributed by atoms with Gasteiger partial charge in [-0.15, -0.1) is 0 Å². The molecule has 0 aliphatic carbocycles. The summed E-state index contributed by atoms with van der Waals surface area (Å²) in [6, 6.07) is 5.17. The Hall–Kier alpha value is -1.40. The predicted molar refractivity (Wildman–Crippen MR) is 65.6 cm³/mol. The van der Waals surface area contributed by atoms with Crippen molar-refractivity contribution >= 4 is 26.8 Å². The van der Waals surface area contributed by atoms with Gasteiger partial charge in [-0.3, -0.25) is 4.79 Å². The molecule has 6 heteroatoms. The van der Waals surface area contributed by atoms with Crippen LogP contribution in [0.4, 0.5) is 0 Å². The topological polar surface area (TPSA) is 66.9 Å². The van der Waals surface area contributed by atoms with Crippen molar-refractivity contribution in [2.24, 2.45) is 0 Å². The molecular formula is C10H10BrN3O2. The molecule has 1 aromatic carbocycles. The van der Waals surface area contributed by atoms with Gasteiger partial charge in [-0.1, -0.05) is 15.9 Å². The summed E-state index contributed by atoms with van der Waals surface area (Å²) in [4.78, 5) is 26.2. The van der Waals surface area contributed by atoms with Gasteiger partial charge in [-0.05, 0) is 25.2 Å². The number of halogens is 1. The Bertz CT molecular complexity index is 645. The zero-order valence-electron chi connectivity index (χ0n) is 8.58. The molecule has 16 heavy (non-hydrogen) atoms. The fourth-order valence-electron chi connectivity index (χ4n) is 1.52. The Kier molecular flexibility index (Phi) is 2.93. The molecule has 0 amide bonds. The molecule has 0 saturated heterocycles. The molecule has 0 bridgehead atoms. The summed E-state index contributed by atoms with van der Waals surface area (Å²) in [5.74, 6) is 0. The predicted octanol–water partition coefficient (Wildman–Crippen LogP) is 0.629. The van der Waals surface area contributed by atoms with Crippen molar-refractivity contribution in [1.82, 2.24) is 14.9 Å². The number of H-pyrrole nitrogens is 1. The third kappa shape index (κ3) is 1.81. The van der Waals surface area contributed by atoms with Crippen molar-refractivity contribution < 1.29 is 0 Å². The summed E-state index contributed by atoms with van der Waals surface area (Å²) in [7, 11) is 1.68. The second-order valence-electron chi connectivity index (χ2n) is 3.36. The molecule has 0 radical (unpaired) electrons. The van der Waals surface area contributed by atoms with Crippen molar-refractivity contribution in [3.63, 3.8) is 0 Å². The van der Waals surface area contributed by atoms with Crippen LogP contribution in [-0.4, -0.2) is 16.6 Å². The van der Waals surface area contributed by atoms with E-state index >= 15 is 0 Å². The highest BCUT2D eigenvalue weighted by molar-refractivity contribution is 9.10. The summed E-state index contributed by atoms with van der Waals surface area (Å²) in [5.41, 5.74) is -0.158. The monoisotopic (exact) mass is 283 g/mol. The molecule has 0 saturated carbocycles. The molecular weight excluding hydrogens is 274 g/mol. The number of hydrogen-bond acceptors (Lipinski definition) is 3. The van der Waals surface area contributed by atoms with Crippen LogP contribution in [0.5, 0.6) is 0 Å². The first-order valence-electron chi connectivity index (χ1n) is 4.70. The second kappa shape index (κ2) is 4.23. The van der Waals surface area contributed by atoms with E-state index in [0.717, 1.165) is 9.04 Å². The summed E-state index contributed by atoms with van der Waals surface area (Å²) >= 11 is 3.29. The highest BCUT2D eigenvalue weighted by Crippen LogP contribution is 2.13. The van der Waals surface area contributed by atoms with E-state index in [1.807, 2.05) is 0 Å². The van der Waals surface area contributed by atoms with Crippen molar-refractivity contribution in [2.75, 3.05) is 7.05 Å². The quantitative estimate of drug-likeness (QED) is 0.850. The lowest BCUT2D eigenvalue weighted by atomic mass is 10.2. The van der Waals surface area contributed by atoms with E-state index in [1.54, 1.807) is 25.2 Å². The maximum absolute atomic E-state index is 12.0. The number of fused-ring (bicyclic) bond motifs is 1. The summed E-state index contributed by atoms with van der Waals surface area (Å²) < 4.78 is 1.93. The first-order chi connectivity index (χ1) is 7.63. The summed E-state index contributed by atoms with van der Waals surface area (Å²) in [5, 5.41) is 3.27. The lowest BCUT2D eigenvalue weighted by Crippen LogP contribution is -2.38. The largest absolute Gasteiger partial charge is 0.329 e. The average molecular weight is 284 g/mol. The molecule has 2 N–H and O–H groups in total. The van der Waals surface area contributed by atoms with Gasteiger partial charge in [0.2, 0.25) is 0 Å². The van der Waals surface area contributed by atoms with Crippen LogP contribution < -0.4 is 16.6 Å². The number of rotatable bonds is 2. The van der Waals surface area contributed by atoms with E-state index in [2.05, 4.69) is 26.2 Å². The molecule has 1 aromatic heterocycles. The normalized spacial score (nSPS) is 10.9. The zero-order valence-corrected chi connectivity index (χ0v) is 10.2. The first-order valence-corrected chi connectivity index (χ1v) is 5.50. The van der Waals surface area contributed by atoms with Crippen LogP contribution in [0.15, 0.2) is 32.3 Å². The Morgan fingerprint density at radius 1 is 1.44 bits per heavy atom. The van der Waals surface area contributed by atoms with Crippen molar-refractivity contribution in [1.29, 1.82) is 0 Å². The third-order valence-corrected chi connectivity index (χ3v) is 2.75. The van der Waals surface area contributed by atoms with Gasteiger partial charge in [0, 0.05) is 4.47 Å². The number of nitrogens with zero attached hydrogens (tertiary/aromatic N) is 1. The number of hydrogen-bond donors (Lipinski definition) is 2. The molecule has 2 rings (SSSR count). The lowest BCUT2D eigenvalue weighted by molar-refractivity contribution is 0.574. The van der Waals surface area contributed by atoms with Crippen LogP contribution in [0.2, 0.25) is 0 Å². The molecule has 0 unspecified atom stereocenters. The molecule has 5 nitrogen and oxygen atoms in total. The SMILES string of the molecule is CNCn1c(=O)[nH]c2ccc(Br)cc2c1=O. The van der Waals surface area contributed by atoms with Gasteiger partial charge in [0.15, 0.2) is 0 Å². The number of aromatic nitrogens is 2. The van der Waals surface area contributed by atoms with Crippen LogP contribution in [0, 0.1) is 0 Å². The molecule has 0 atom stereocenters. The fourth-order valence-corrected chi connectivity index (χ4v) is 1.89. The van der Waals surface area contributed by atoms with Gasteiger partial charge in [-0.25, -0.2) is 9.36 Å². The van der Waals surface area contributed by atoms with Crippen LogP contribution in [0.1, 0.15) is 0 Å². The highest BCUT2D eigenvalue weighted by Gasteiger charge is 2.06. The van der Waals surface area contributed by atoms with E-state index in [-0.39, 0.29) is 12.2 Å². The lowest BCUT2D eigenvalue weighted by Gasteiger charge is -2.05.